The molecule has 0 aliphatic heterocycles. The van der Waals surface area contributed by atoms with Crippen molar-refractivity contribution >= 4 is 11.9 Å². The first-order valence-electron chi connectivity index (χ1n) is 2.17. The number of aliphatic carboxylic acids is 2. The van der Waals surface area contributed by atoms with Gasteiger partial charge >= 0.3 is 0 Å². The molecule has 0 bridgehead atoms. The van der Waals surface area contributed by atoms with E-state index in [1.54, 1.807) is 0 Å². The van der Waals surface area contributed by atoms with Crippen molar-refractivity contribution in [1.29, 1.82) is 0 Å². The molecule has 0 saturated carbocycles. The summed E-state index contributed by atoms with van der Waals surface area (Å²) in [6, 6.07) is 0. The van der Waals surface area contributed by atoms with Gasteiger partial charge in [-0.15, -0.1) is 0 Å². The Hall–Kier alpha value is -1.44. The third kappa shape index (κ3) is 38.6. The molecular weight excluding hydrogens is 168 g/mol. The molecule has 0 aliphatic rings. The van der Waals surface area contributed by atoms with E-state index >= 15 is 0 Å². The predicted molar refractivity (Wildman–Crippen MR) is 39.3 cm³/mol. The maximum absolute atomic E-state index is 9.41. The normalized spacial score (nSPS) is 6.83. The highest BCUT2D eigenvalue weighted by molar-refractivity contribution is 5.87. The molecule has 0 amide bonds. The van der Waals surface area contributed by atoms with Crippen LogP contribution >= 0.6 is 0 Å². The maximum atomic E-state index is 9.41. The molecule has 0 fully saturated rings. The Morgan fingerprint density at radius 3 is 1.25 bits per heavy atom. The first-order valence-corrected chi connectivity index (χ1v) is 2.17. The van der Waals surface area contributed by atoms with E-state index in [0.29, 0.717) is 12.2 Å². The van der Waals surface area contributed by atoms with Crippen LogP contribution in [0, 0.1) is 0 Å². The molecule has 0 heterocycles. The van der Waals surface area contributed by atoms with Crippen molar-refractivity contribution < 1.29 is 24.9 Å². The lowest BCUT2D eigenvalue weighted by atomic mass is 10.5. The number of carbonyl (C=O) groups is 2. The number of aliphatic hydroxyl groups is 1. The number of carbonyl (C=O) groups excluding carboxylic acids is 2. The summed E-state index contributed by atoms with van der Waals surface area (Å²) in [6.45, 7) is 0. The second kappa shape index (κ2) is 16.3. The average Bonchev–Trinajstić information content (AvgIpc) is 1.89. The van der Waals surface area contributed by atoms with Gasteiger partial charge in [0, 0.05) is 7.11 Å². The second-order valence-corrected chi connectivity index (χ2v) is 0.971. The molecule has 12 heavy (non-hydrogen) atoms. The van der Waals surface area contributed by atoms with E-state index in [0.717, 1.165) is 7.11 Å². The quantitative estimate of drug-likeness (QED) is 0.396. The van der Waals surface area contributed by atoms with Crippen molar-refractivity contribution in [3.8, 4) is 0 Å². The van der Waals surface area contributed by atoms with Gasteiger partial charge in [-0.2, -0.15) is 0 Å². The number of quaternary nitrogens is 2. The number of carboxylic acids is 2. The minimum absolute atomic E-state index is 0. The van der Waals surface area contributed by atoms with Gasteiger partial charge in [-0.3, -0.25) is 0 Å². The number of hydrogen-bond acceptors (Lipinski definition) is 5. The van der Waals surface area contributed by atoms with Gasteiger partial charge in [0.05, 0.1) is 11.9 Å². The highest BCUT2D eigenvalue weighted by Crippen LogP contribution is 1.64. The van der Waals surface area contributed by atoms with Gasteiger partial charge in [0.1, 0.15) is 0 Å². The maximum Gasteiger partial charge on any atom is 0.0643 e. The zero-order valence-corrected chi connectivity index (χ0v) is 7.23. The highest BCUT2D eigenvalue weighted by atomic mass is 16.4. The Balaban J connectivity index is -0.0000000740. The lowest BCUT2D eigenvalue weighted by Gasteiger charge is -1.90. The topological polar surface area (TPSA) is 173 Å². The largest absolute Gasteiger partial charge is 0.545 e. The monoisotopic (exact) mass is 182 g/mol. The van der Waals surface area contributed by atoms with E-state index in [1.807, 2.05) is 0 Å². The molecule has 0 saturated heterocycles. The Kier molecular flexibility index (Phi) is 30.4. The average molecular weight is 182 g/mol. The fourth-order valence-electron chi connectivity index (χ4n) is 0.136. The molecule has 7 nitrogen and oxygen atoms in total. The summed E-state index contributed by atoms with van der Waals surface area (Å²) in [5.74, 6) is -3.09. The lowest BCUT2D eigenvalue weighted by molar-refractivity contribution is -0.301. The van der Waals surface area contributed by atoms with Gasteiger partial charge in [-0.05, 0) is 12.2 Å². The SMILES string of the molecule is CO.O=C([O-])/C=C\C(=O)[O-].[NH4+].[NH4+]. The van der Waals surface area contributed by atoms with Crippen LogP contribution < -0.4 is 22.5 Å². The zero-order valence-electron chi connectivity index (χ0n) is 7.23. The van der Waals surface area contributed by atoms with Gasteiger partial charge in [-0.25, -0.2) is 0 Å². The van der Waals surface area contributed by atoms with Crippen LogP contribution in [0.1, 0.15) is 0 Å². The molecule has 0 spiro atoms. The third-order valence-corrected chi connectivity index (χ3v) is 0.355. The summed E-state index contributed by atoms with van der Waals surface area (Å²) in [5, 5.41) is 25.8. The summed E-state index contributed by atoms with van der Waals surface area (Å²) < 4.78 is 0. The van der Waals surface area contributed by atoms with Gasteiger partial charge < -0.3 is 37.2 Å². The summed E-state index contributed by atoms with van der Waals surface area (Å²) in [7, 11) is 1.00. The van der Waals surface area contributed by atoms with E-state index < -0.39 is 11.9 Å². The molecule has 0 rings (SSSR count). The minimum atomic E-state index is -1.55. The summed E-state index contributed by atoms with van der Waals surface area (Å²) in [6.07, 6.45) is 0.769. The Bertz CT molecular complexity index is 129. The molecule has 74 valence electrons. The van der Waals surface area contributed by atoms with Gasteiger partial charge in [0.2, 0.25) is 0 Å². The van der Waals surface area contributed by atoms with E-state index in [2.05, 4.69) is 0 Å². The fourth-order valence-corrected chi connectivity index (χ4v) is 0.136. The molecule has 9 N–H and O–H groups in total. The van der Waals surface area contributed by atoms with Crippen LogP contribution in [0.3, 0.4) is 0 Å². The van der Waals surface area contributed by atoms with Gasteiger partial charge in [-0.1, -0.05) is 0 Å². The number of rotatable bonds is 2. The summed E-state index contributed by atoms with van der Waals surface area (Å²) >= 11 is 0. The van der Waals surface area contributed by atoms with E-state index in [9.17, 15) is 19.8 Å². The van der Waals surface area contributed by atoms with Crippen LogP contribution in [0.25, 0.3) is 0 Å². The molecule has 0 aromatic heterocycles. The number of hydrogen-bond donors (Lipinski definition) is 3. The third-order valence-electron chi connectivity index (χ3n) is 0.355. The molecule has 0 aromatic carbocycles. The van der Waals surface area contributed by atoms with E-state index in [-0.39, 0.29) is 12.3 Å². The van der Waals surface area contributed by atoms with Crippen LogP contribution in [0.5, 0.6) is 0 Å². The standard InChI is InChI=1S/C4H4O4.CH4O.2H3N/c5-3(6)1-2-4(7)8;1-2;;/h1-2H,(H,5,6)(H,7,8);2H,1H3;2*1H3/b2-1-;;;. The van der Waals surface area contributed by atoms with Crippen molar-refractivity contribution in [2.75, 3.05) is 7.11 Å². The summed E-state index contributed by atoms with van der Waals surface area (Å²) in [5.41, 5.74) is 0. The minimum Gasteiger partial charge on any atom is -0.545 e. The highest BCUT2D eigenvalue weighted by Gasteiger charge is 1.70. The summed E-state index contributed by atoms with van der Waals surface area (Å²) in [4.78, 5) is 18.8. The van der Waals surface area contributed by atoms with Gasteiger partial charge in [0.25, 0.3) is 0 Å². The first-order chi connectivity index (χ1) is 4.63. The van der Waals surface area contributed by atoms with Crippen LogP contribution in [0.15, 0.2) is 12.2 Å². The van der Waals surface area contributed by atoms with E-state index in [4.69, 9.17) is 5.11 Å². The first kappa shape index (κ1) is 22.4. The second-order valence-electron chi connectivity index (χ2n) is 0.971. The van der Waals surface area contributed by atoms with Crippen LogP contribution in [0.2, 0.25) is 0 Å². The molecule has 0 atom stereocenters. The number of aliphatic hydroxyl groups excluding tert-OH is 1. The molecule has 0 unspecified atom stereocenters. The Labute approximate surface area is 69.5 Å². The van der Waals surface area contributed by atoms with Crippen molar-refractivity contribution in [2.45, 2.75) is 0 Å². The van der Waals surface area contributed by atoms with Crippen molar-refractivity contribution in [3.05, 3.63) is 12.2 Å². The predicted octanol–water partition coefficient (Wildman–Crippen LogP) is -2.60. The zero-order chi connectivity index (χ0) is 8.57. The van der Waals surface area contributed by atoms with Crippen molar-refractivity contribution in [3.63, 3.8) is 0 Å². The van der Waals surface area contributed by atoms with Gasteiger partial charge in [0.15, 0.2) is 0 Å². The van der Waals surface area contributed by atoms with Crippen molar-refractivity contribution in [1.82, 2.24) is 12.3 Å². The van der Waals surface area contributed by atoms with Crippen LogP contribution in [0.4, 0.5) is 0 Å². The molecule has 0 radical (unpaired) electrons. The smallest absolute Gasteiger partial charge is 0.0643 e. The molecule has 0 aromatic rings. The Morgan fingerprint density at radius 2 is 1.17 bits per heavy atom. The van der Waals surface area contributed by atoms with Crippen molar-refractivity contribution in [2.24, 2.45) is 0 Å². The van der Waals surface area contributed by atoms with E-state index in [1.165, 1.54) is 0 Å². The molecular formula is C5H14N2O5. The molecule has 7 heteroatoms. The number of carboxylic acid groups (broad SMARTS) is 2. The fraction of sp³-hybridized carbons (Fsp3) is 0.200. The lowest BCUT2D eigenvalue weighted by Crippen LogP contribution is -2.23. The Morgan fingerprint density at radius 1 is 1.00 bits per heavy atom. The van der Waals surface area contributed by atoms with Crippen LogP contribution in [-0.4, -0.2) is 24.2 Å². The molecule has 0 aliphatic carbocycles. The van der Waals surface area contributed by atoms with Crippen LogP contribution in [-0.2, 0) is 9.59 Å².